The van der Waals surface area contributed by atoms with Gasteiger partial charge in [-0.15, -0.1) is 0 Å². The van der Waals surface area contributed by atoms with Crippen LogP contribution in [0.3, 0.4) is 0 Å². The van der Waals surface area contributed by atoms with Crippen LogP contribution in [0.15, 0.2) is 84.9 Å². The highest BCUT2D eigenvalue weighted by Gasteiger charge is 2.13. The third-order valence-corrected chi connectivity index (χ3v) is 5.76. The van der Waals surface area contributed by atoms with Crippen molar-refractivity contribution >= 4 is 23.0 Å². The van der Waals surface area contributed by atoms with Crippen LogP contribution >= 0.6 is 0 Å². The quantitative estimate of drug-likeness (QED) is 0.233. The Bertz CT molecular complexity index is 1590. The Labute approximate surface area is 218 Å². The molecule has 1 heterocycles. The molecule has 0 fully saturated rings. The van der Waals surface area contributed by atoms with E-state index in [1.807, 2.05) is 54.6 Å². The number of aromatic carboxylic acids is 1. The number of halogens is 1. The van der Waals surface area contributed by atoms with Crippen LogP contribution in [-0.2, 0) is 11.4 Å². The number of carboxylic acid groups (broad SMARTS) is 2. The fourth-order valence-electron chi connectivity index (χ4n) is 3.91. The summed E-state index contributed by atoms with van der Waals surface area (Å²) in [4.78, 5) is 27.8. The Hall–Kier alpha value is -4.98. The van der Waals surface area contributed by atoms with Gasteiger partial charge in [0, 0.05) is 18.6 Å². The highest BCUT2D eigenvalue weighted by molar-refractivity contribution is 5.89. The summed E-state index contributed by atoms with van der Waals surface area (Å²) in [5.41, 5.74) is 6.08. The molecule has 0 spiro atoms. The first-order chi connectivity index (χ1) is 18.2. The first kappa shape index (κ1) is 26.1. The summed E-state index contributed by atoms with van der Waals surface area (Å²) in [5, 5.41) is 16.7. The van der Waals surface area contributed by atoms with Crippen LogP contribution < -0.4 is 4.74 Å². The number of hydrogen-bond acceptors (Lipinski definition) is 4. The Morgan fingerprint density at radius 3 is 2.18 bits per heavy atom. The number of carbonyl (C=O) groups is 2. The van der Waals surface area contributed by atoms with Crippen LogP contribution in [0, 0.1) is 12.7 Å². The number of carboxylic acids is 2. The van der Waals surface area contributed by atoms with E-state index in [1.54, 1.807) is 31.2 Å². The number of ether oxygens (including phenoxy) is 1. The minimum absolute atomic E-state index is 0.136. The van der Waals surface area contributed by atoms with Gasteiger partial charge in [0.05, 0.1) is 16.6 Å². The predicted octanol–water partition coefficient (Wildman–Crippen LogP) is 6.71. The second kappa shape index (κ2) is 11.4. The van der Waals surface area contributed by atoms with Gasteiger partial charge in [-0.25, -0.2) is 9.18 Å². The maximum absolute atomic E-state index is 14.9. The summed E-state index contributed by atoms with van der Waals surface area (Å²) in [6.45, 7) is 2.96. The maximum atomic E-state index is 14.9. The van der Waals surface area contributed by atoms with Crippen molar-refractivity contribution in [2.45, 2.75) is 20.5 Å². The fourth-order valence-corrected chi connectivity index (χ4v) is 3.91. The van der Waals surface area contributed by atoms with E-state index < -0.39 is 11.9 Å². The lowest BCUT2D eigenvalue weighted by atomic mass is 10.00. The Morgan fingerprint density at radius 1 is 0.895 bits per heavy atom. The van der Waals surface area contributed by atoms with Gasteiger partial charge < -0.3 is 19.9 Å². The highest BCUT2D eigenvalue weighted by atomic mass is 19.1. The molecule has 5 rings (SSSR count). The van der Waals surface area contributed by atoms with E-state index in [0.717, 1.165) is 23.6 Å². The average Bonchev–Trinajstić information content (AvgIpc) is 3.29. The first-order valence-corrected chi connectivity index (χ1v) is 11.7. The second-order valence-corrected chi connectivity index (χ2v) is 8.60. The number of hydrogen-bond donors (Lipinski definition) is 3. The molecule has 0 aliphatic carbocycles. The Morgan fingerprint density at radius 2 is 1.53 bits per heavy atom. The number of H-pyrrole nitrogens is 1. The van der Waals surface area contributed by atoms with Gasteiger partial charge in [-0.2, -0.15) is 4.98 Å². The van der Waals surface area contributed by atoms with Gasteiger partial charge in [0.25, 0.3) is 12.0 Å². The number of nitrogens with one attached hydrogen (secondary N) is 1. The Kier molecular flexibility index (Phi) is 7.82. The zero-order valence-corrected chi connectivity index (χ0v) is 20.7. The van der Waals surface area contributed by atoms with Crippen molar-refractivity contribution in [1.29, 1.82) is 0 Å². The van der Waals surface area contributed by atoms with Crippen LogP contribution in [0.25, 0.3) is 33.3 Å². The third kappa shape index (κ3) is 6.22. The molecule has 192 valence electrons. The van der Waals surface area contributed by atoms with Crippen LogP contribution in [0.1, 0.15) is 28.4 Å². The van der Waals surface area contributed by atoms with Crippen molar-refractivity contribution in [3.63, 3.8) is 0 Å². The van der Waals surface area contributed by atoms with E-state index in [9.17, 15) is 14.3 Å². The molecule has 0 unspecified atom stereocenters. The summed E-state index contributed by atoms with van der Waals surface area (Å²) >= 11 is 0. The van der Waals surface area contributed by atoms with Crippen molar-refractivity contribution in [1.82, 2.24) is 9.97 Å². The normalized spacial score (nSPS) is 10.5. The minimum atomic E-state index is -0.983. The van der Waals surface area contributed by atoms with Gasteiger partial charge >= 0.3 is 5.97 Å². The zero-order chi connectivity index (χ0) is 27.2. The average molecular weight is 513 g/mol. The van der Waals surface area contributed by atoms with E-state index in [2.05, 4.69) is 9.97 Å². The lowest BCUT2D eigenvalue weighted by molar-refractivity contribution is -0.134. The zero-order valence-electron chi connectivity index (χ0n) is 20.7. The molecule has 0 atom stereocenters. The number of benzene rings is 4. The van der Waals surface area contributed by atoms with Crippen molar-refractivity contribution in [3.05, 3.63) is 107 Å². The molecule has 4 aromatic carbocycles. The van der Waals surface area contributed by atoms with E-state index in [-0.39, 0.29) is 24.0 Å². The SMILES string of the molecule is CC(=O)O.Cc1ccc(COc2nc3cc(-c4ccc(-c5ccccc5)cc4)c(F)cc3[nH]2)cc1C(=O)O. The van der Waals surface area contributed by atoms with Gasteiger partial charge in [-0.1, -0.05) is 66.7 Å². The molecule has 0 amide bonds. The van der Waals surface area contributed by atoms with Gasteiger partial charge in [-0.05, 0) is 46.9 Å². The smallest absolute Gasteiger partial charge is 0.335 e. The molecule has 0 aliphatic rings. The summed E-state index contributed by atoms with van der Waals surface area (Å²) in [6, 6.07) is 26.2. The van der Waals surface area contributed by atoms with Gasteiger partial charge in [0.15, 0.2) is 0 Å². The van der Waals surface area contributed by atoms with Gasteiger partial charge in [0.2, 0.25) is 0 Å². The van der Waals surface area contributed by atoms with Crippen LogP contribution in [0.4, 0.5) is 4.39 Å². The molecule has 7 nitrogen and oxygen atoms in total. The Balaban J connectivity index is 0.000000786. The molecule has 3 N–H and O–H groups in total. The topological polar surface area (TPSA) is 113 Å². The monoisotopic (exact) mass is 512 g/mol. The number of fused-ring (bicyclic) bond motifs is 1. The molecule has 5 aromatic rings. The lowest BCUT2D eigenvalue weighted by Crippen LogP contribution is -2.03. The number of aromatic nitrogens is 2. The van der Waals surface area contributed by atoms with Crippen molar-refractivity contribution < 1.29 is 28.9 Å². The third-order valence-electron chi connectivity index (χ3n) is 5.76. The maximum Gasteiger partial charge on any atom is 0.335 e. The van der Waals surface area contributed by atoms with Crippen molar-refractivity contribution in [2.75, 3.05) is 0 Å². The van der Waals surface area contributed by atoms with E-state index in [4.69, 9.17) is 14.6 Å². The standard InChI is InChI=1S/C28H21FN2O3.C2H4O2/c1-17-7-8-18(13-22(17)27(32)33)16-34-28-30-25-14-23(24(29)15-26(25)31-28)21-11-9-20(10-12-21)19-5-3-2-4-6-19;1-2(3)4/h2-15H,16H2,1H3,(H,30,31)(H,32,33);1H3,(H,3,4). The predicted molar refractivity (Wildman–Crippen MR) is 143 cm³/mol. The first-order valence-electron chi connectivity index (χ1n) is 11.7. The van der Waals surface area contributed by atoms with Crippen LogP contribution in [0.2, 0.25) is 0 Å². The molecular formula is C30H25FN2O5. The van der Waals surface area contributed by atoms with Crippen LogP contribution in [0.5, 0.6) is 6.01 Å². The van der Waals surface area contributed by atoms with Crippen molar-refractivity contribution in [3.8, 4) is 28.3 Å². The summed E-state index contributed by atoms with van der Waals surface area (Å²) < 4.78 is 20.6. The number of aryl methyl sites for hydroxylation is 1. The number of nitrogens with zero attached hydrogens (tertiary/aromatic N) is 1. The summed E-state index contributed by atoms with van der Waals surface area (Å²) in [7, 11) is 0. The molecule has 0 saturated carbocycles. The molecular weight excluding hydrogens is 487 g/mol. The van der Waals surface area contributed by atoms with Crippen LogP contribution in [-0.4, -0.2) is 32.1 Å². The molecule has 38 heavy (non-hydrogen) atoms. The molecule has 8 heteroatoms. The molecule has 1 aromatic heterocycles. The highest BCUT2D eigenvalue weighted by Crippen LogP contribution is 2.30. The second-order valence-electron chi connectivity index (χ2n) is 8.60. The number of rotatable bonds is 6. The van der Waals surface area contributed by atoms with E-state index >= 15 is 0 Å². The van der Waals surface area contributed by atoms with E-state index in [0.29, 0.717) is 27.7 Å². The minimum Gasteiger partial charge on any atom is -0.481 e. The fraction of sp³-hybridized carbons (Fsp3) is 0.100. The summed E-state index contributed by atoms with van der Waals surface area (Å²) in [5.74, 6) is -2.18. The van der Waals surface area contributed by atoms with Gasteiger partial charge in [0.1, 0.15) is 12.4 Å². The lowest BCUT2D eigenvalue weighted by Gasteiger charge is -2.06. The van der Waals surface area contributed by atoms with Gasteiger partial charge in [-0.3, -0.25) is 4.79 Å². The van der Waals surface area contributed by atoms with Crippen molar-refractivity contribution in [2.24, 2.45) is 0 Å². The number of aliphatic carboxylic acids is 1. The number of aromatic amines is 1. The largest absolute Gasteiger partial charge is 0.481 e. The summed E-state index contributed by atoms with van der Waals surface area (Å²) in [6.07, 6.45) is 0. The molecule has 0 aliphatic heterocycles. The van der Waals surface area contributed by atoms with E-state index in [1.165, 1.54) is 6.07 Å². The molecule has 0 radical (unpaired) electrons. The number of imidazole rings is 1. The molecule has 0 bridgehead atoms. The molecule has 0 saturated heterocycles.